The smallest absolute Gasteiger partial charge is 0.238 e. The molecule has 0 aliphatic rings. The van der Waals surface area contributed by atoms with Crippen molar-refractivity contribution in [1.82, 2.24) is 4.90 Å². The highest BCUT2D eigenvalue weighted by molar-refractivity contribution is 6.31. The van der Waals surface area contributed by atoms with Crippen LogP contribution in [0.1, 0.15) is 11.1 Å². The summed E-state index contributed by atoms with van der Waals surface area (Å²) in [5, 5.41) is 3.53. The molecule has 0 fully saturated rings. The molecule has 0 saturated carbocycles. The number of benzene rings is 2. The lowest BCUT2D eigenvalue weighted by atomic mass is 10.2. The van der Waals surface area contributed by atoms with Crippen LogP contribution >= 0.6 is 11.6 Å². The molecule has 0 saturated heterocycles. The standard InChI is InChI=1S/C19H24ClN3O/c1-14-5-8-16(11-18(14)20)21-19(24)13-23(4)12-15-6-9-17(10-7-15)22(2)3/h5-11H,12-13H2,1-4H3,(H,21,24). The number of hydrogen-bond donors (Lipinski definition) is 1. The third kappa shape index (κ3) is 5.25. The zero-order valence-corrected chi connectivity index (χ0v) is 15.4. The summed E-state index contributed by atoms with van der Waals surface area (Å²) in [6.07, 6.45) is 0. The van der Waals surface area contributed by atoms with E-state index in [0.29, 0.717) is 11.6 Å². The van der Waals surface area contributed by atoms with E-state index in [1.165, 1.54) is 5.56 Å². The van der Waals surface area contributed by atoms with Crippen molar-refractivity contribution in [3.63, 3.8) is 0 Å². The second-order valence-electron chi connectivity index (χ2n) is 6.25. The number of nitrogens with one attached hydrogen (secondary N) is 1. The molecule has 0 bridgehead atoms. The van der Waals surface area contributed by atoms with Crippen LogP contribution in [0.4, 0.5) is 11.4 Å². The lowest BCUT2D eigenvalue weighted by Gasteiger charge is -2.18. The maximum Gasteiger partial charge on any atom is 0.238 e. The third-order valence-electron chi connectivity index (χ3n) is 3.77. The van der Waals surface area contributed by atoms with Crippen LogP contribution < -0.4 is 10.2 Å². The number of amides is 1. The third-order valence-corrected chi connectivity index (χ3v) is 4.18. The average molecular weight is 346 g/mol. The molecule has 4 nitrogen and oxygen atoms in total. The largest absolute Gasteiger partial charge is 0.378 e. The average Bonchev–Trinajstić information content (AvgIpc) is 2.51. The number of halogens is 1. The summed E-state index contributed by atoms with van der Waals surface area (Å²) < 4.78 is 0. The predicted octanol–water partition coefficient (Wildman–Crippen LogP) is 3.78. The van der Waals surface area contributed by atoms with E-state index < -0.39 is 0 Å². The van der Waals surface area contributed by atoms with Crippen molar-refractivity contribution in [2.24, 2.45) is 0 Å². The molecular formula is C19H24ClN3O. The van der Waals surface area contributed by atoms with Crippen molar-refractivity contribution < 1.29 is 4.79 Å². The first-order valence-electron chi connectivity index (χ1n) is 7.86. The van der Waals surface area contributed by atoms with Gasteiger partial charge in [-0.05, 0) is 49.4 Å². The van der Waals surface area contributed by atoms with Gasteiger partial charge in [0, 0.05) is 37.0 Å². The molecule has 5 heteroatoms. The van der Waals surface area contributed by atoms with Crippen LogP contribution in [0.5, 0.6) is 0 Å². The van der Waals surface area contributed by atoms with E-state index >= 15 is 0 Å². The fraction of sp³-hybridized carbons (Fsp3) is 0.316. The summed E-state index contributed by atoms with van der Waals surface area (Å²) in [7, 11) is 5.97. The predicted molar refractivity (Wildman–Crippen MR) is 102 cm³/mol. The van der Waals surface area contributed by atoms with E-state index in [2.05, 4.69) is 34.5 Å². The van der Waals surface area contributed by atoms with Gasteiger partial charge in [0.2, 0.25) is 5.91 Å². The molecule has 0 aliphatic heterocycles. The molecule has 0 aromatic heterocycles. The summed E-state index contributed by atoms with van der Waals surface area (Å²) in [6, 6.07) is 13.9. The van der Waals surface area contributed by atoms with Gasteiger partial charge in [-0.25, -0.2) is 0 Å². The lowest BCUT2D eigenvalue weighted by molar-refractivity contribution is -0.117. The van der Waals surface area contributed by atoms with E-state index in [1.54, 1.807) is 6.07 Å². The highest BCUT2D eigenvalue weighted by atomic mass is 35.5. The lowest BCUT2D eigenvalue weighted by Crippen LogP contribution is -2.29. The number of rotatable bonds is 6. The Morgan fingerprint density at radius 2 is 1.75 bits per heavy atom. The van der Waals surface area contributed by atoms with Gasteiger partial charge < -0.3 is 10.2 Å². The summed E-state index contributed by atoms with van der Waals surface area (Å²) in [4.78, 5) is 16.2. The molecule has 128 valence electrons. The van der Waals surface area contributed by atoms with Gasteiger partial charge in [0.15, 0.2) is 0 Å². The van der Waals surface area contributed by atoms with Crippen molar-refractivity contribution in [3.05, 3.63) is 58.6 Å². The number of carbonyl (C=O) groups excluding carboxylic acids is 1. The normalized spacial score (nSPS) is 10.8. The number of nitrogens with zero attached hydrogens (tertiary/aromatic N) is 2. The number of hydrogen-bond acceptors (Lipinski definition) is 3. The van der Waals surface area contributed by atoms with Crippen LogP contribution in [0.15, 0.2) is 42.5 Å². The van der Waals surface area contributed by atoms with Crippen molar-refractivity contribution in [3.8, 4) is 0 Å². The summed E-state index contributed by atoms with van der Waals surface area (Å²) >= 11 is 6.08. The van der Waals surface area contributed by atoms with Gasteiger partial charge >= 0.3 is 0 Å². The van der Waals surface area contributed by atoms with E-state index in [1.807, 2.05) is 45.1 Å². The molecule has 1 amide bonds. The Balaban J connectivity index is 1.87. The highest BCUT2D eigenvalue weighted by Gasteiger charge is 2.08. The first-order chi connectivity index (χ1) is 11.3. The van der Waals surface area contributed by atoms with Crippen LogP contribution in [0.2, 0.25) is 5.02 Å². The van der Waals surface area contributed by atoms with Crippen LogP contribution in [0.3, 0.4) is 0 Å². The Hall–Kier alpha value is -2.04. The fourth-order valence-electron chi connectivity index (χ4n) is 2.38. The van der Waals surface area contributed by atoms with E-state index in [-0.39, 0.29) is 5.91 Å². The zero-order valence-electron chi connectivity index (χ0n) is 14.6. The first kappa shape index (κ1) is 18.3. The number of aryl methyl sites for hydroxylation is 1. The van der Waals surface area contributed by atoms with Crippen LogP contribution in [0.25, 0.3) is 0 Å². The molecule has 0 unspecified atom stereocenters. The Labute approximate surface area is 149 Å². The van der Waals surface area contributed by atoms with Gasteiger partial charge in [-0.3, -0.25) is 9.69 Å². The van der Waals surface area contributed by atoms with E-state index in [4.69, 9.17) is 11.6 Å². The van der Waals surface area contributed by atoms with Crippen molar-refractivity contribution in [2.45, 2.75) is 13.5 Å². The molecule has 24 heavy (non-hydrogen) atoms. The zero-order chi connectivity index (χ0) is 17.7. The molecule has 2 aromatic rings. The molecule has 0 spiro atoms. The van der Waals surface area contributed by atoms with Gasteiger partial charge in [-0.2, -0.15) is 0 Å². The molecule has 1 N–H and O–H groups in total. The van der Waals surface area contributed by atoms with Crippen LogP contribution in [-0.2, 0) is 11.3 Å². The van der Waals surface area contributed by atoms with Gasteiger partial charge in [0.1, 0.15) is 0 Å². The van der Waals surface area contributed by atoms with Gasteiger partial charge in [-0.1, -0.05) is 29.8 Å². The Morgan fingerprint density at radius 1 is 1.08 bits per heavy atom. The van der Waals surface area contributed by atoms with Crippen LogP contribution in [0, 0.1) is 6.92 Å². The number of carbonyl (C=O) groups is 1. The minimum atomic E-state index is -0.0534. The number of likely N-dealkylation sites (N-methyl/N-ethyl adjacent to an activating group) is 1. The van der Waals surface area contributed by atoms with Crippen molar-refractivity contribution in [1.29, 1.82) is 0 Å². The van der Waals surface area contributed by atoms with Crippen molar-refractivity contribution in [2.75, 3.05) is 37.9 Å². The maximum absolute atomic E-state index is 12.2. The Bertz CT molecular complexity index is 698. The summed E-state index contributed by atoms with van der Waals surface area (Å²) in [6.45, 7) is 2.97. The second kappa shape index (κ2) is 8.18. The van der Waals surface area contributed by atoms with E-state index in [9.17, 15) is 4.79 Å². The fourth-order valence-corrected chi connectivity index (χ4v) is 2.56. The quantitative estimate of drug-likeness (QED) is 0.865. The molecule has 0 aliphatic carbocycles. The Kier molecular flexibility index (Phi) is 6.23. The van der Waals surface area contributed by atoms with Crippen molar-refractivity contribution >= 4 is 28.9 Å². The maximum atomic E-state index is 12.2. The van der Waals surface area contributed by atoms with E-state index in [0.717, 1.165) is 23.5 Å². The molecule has 0 atom stereocenters. The Morgan fingerprint density at radius 3 is 2.33 bits per heavy atom. The van der Waals surface area contributed by atoms with Gasteiger partial charge in [0.25, 0.3) is 0 Å². The molecule has 0 heterocycles. The second-order valence-corrected chi connectivity index (χ2v) is 6.65. The minimum Gasteiger partial charge on any atom is -0.378 e. The minimum absolute atomic E-state index is 0.0534. The monoisotopic (exact) mass is 345 g/mol. The summed E-state index contributed by atoms with van der Waals surface area (Å²) in [5.74, 6) is -0.0534. The molecule has 2 rings (SSSR count). The highest BCUT2D eigenvalue weighted by Crippen LogP contribution is 2.20. The molecular weight excluding hydrogens is 322 g/mol. The SMILES string of the molecule is Cc1ccc(NC(=O)CN(C)Cc2ccc(N(C)C)cc2)cc1Cl. The molecule has 2 aromatic carbocycles. The molecule has 0 radical (unpaired) electrons. The number of anilines is 2. The topological polar surface area (TPSA) is 35.6 Å². The van der Waals surface area contributed by atoms with Gasteiger partial charge in [0.05, 0.1) is 6.54 Å². The van der Waals surface area contributed by atoms with Crippen LogP contribution in [-0.4, -0.2) is 38.5 Å². The first-order valence-corrected chi connectivity index (χ1v) is 8.24. The van der Waals surface area contributed by atoms with Gasteiger partial charge in [-0.15, -0.1) is 0 Å². The summed E-state index contributed by atoms with van der Waals surface area (Å²) in [5.41, 5.74) is 4.05.